The average molecular weight is 352 g/mol. The van der Waals surface area contributed by atoms with Gasteiger partial charge in [0.25, 0.3) is 0 Å². The first kappa shape index (κ1) is 16.0. The molecule has 1 atom stereocenters. The minimum atomic E-state index is -0.453. The minimum Gasteiger partial charge on any atom is -0.497 e. The molecule has 0 radical (unpaired) electrons. The van der Waals surface area contributed by atoms with Gasteiger partial charge in [-0.3, -0.25) is 0 Å². The van der Waals surface area contributed by atoms with Crippen LogP contribution in [0.3, 0.4) is 0 Å². The number of benzene rings is 2. The molecule has 0 aliphatic rings. The number of methoxy groups -OCH3 is 1. The van der Waals surface area contributed by atoms with Gasteiger partial charge in [0.05, 0.1) is 7.11 Å². The Bertz CT molecular complexity index is 611. The van der Waals surface area contributed by atoms with Gasteiger partial charge in [0, 0.05) is 10.0 Å². The van der Waals surface area contributed by atoms with Crippen molar-refractivity contribution in [2.75, 3.05) is 7.11 Å². The van der Waals surface area contributed by atoms with E-state index < -0.39 is 5.54 Å². The molecule has 21 heavy (non-hydrogen) atoms. The molecule has 2 aromatic carbocycles. The van der Waals surface area contributed by atoms with Crippen LogP contribution in [0.25, 0.3) is 0 Å². The molecule has 0 aromatic heterocycles. The highest BCUT2D eigenvalue weighted by Gasteiger charge is 2.21. The number of halogens is 2. The van der Waals surface area contributed by atoms with Crippen molar-refractivity contribution in [1.29, 1.82) is 0 Å². The SMILES string of the molecule is COc1ccc(CC(C)(N)Cc2cc(F)ccc2Br)cc1. The van der Waals surface area contributed by atoms with E-state index in [0.717, 1.165) is 21.3 Å². The lowest BCUT2D eigenvalue weighted by Crippen LogP contribution is -2.41. The van der Waals surface area contributed by atoms with E-state index in [1.54, 1.807) is 13.2 Å². The van der Waals surface area contributed by atoms with E-state index in [2.05, 4.69) is 15.9 Å². The maximum atomic E-state index is 13.4. The van der Waals surface area contributed by atoms with Gasteiger partial charge < -0.3 is 10.5 Å². The molecule has 2 nitrogen and oxygen atoms in total. The highest BCUT2D eigenvalue weighted by atomic mass is 79.9. The van der Waals surface area contributed by atoms with Crippen molar-refractivity contribution in [2.24, 2.45) is 5.73 Å². The second kappa shape index (κ2) is 6.58. The van der Waals surface area contributed by atoms with E-state index in [9.17, 15) is 4.39 Å². The molecule has 0 amide bonds. The number of hydrogen-bond donors (Lipinski definition) is 1. The standard InChI is InChI=1S/C17H19BrFNO/c1-17(20,10-12-3-6-15(21-2)7-4-12)11-13-9-14(19)5-8-16(13)18/h3-9H,10-11,20H2,1-2H3. The predicted molar refractivity (Wildman–Crippen MR) is 87.1 cm³/mol. The Hall–Kier alpha value is -1.39. The Morgan fingerprint density at radius 1 is 1.14 bits per heavy atom. The van der Waals surface area contributed by atoms with Crippen molar-refractivity contribution in [3.05, 3.63) is 63.9 Å². The largest absolute Gasteiger partial charge is 0.497 e. The number of rotatable bonds is 5. The molecule has 2 N–H and O–H groups in total. The topological polar surface area (TPSA) is 35.2 Å². The maximum Gasteiger partial charge on any atom is 0.123 e. The van der Waals surface area contributed by atoms with Gasteiger partial charge in [-0.1, -0.05) is 28.1 Å². The Morgan fingerprint density at radius 2 is 1.81 bits per heavy atom. The Balaban J connectivity index is 2.11. The fourth-order valence-corrected chi connectivity index (χ4v) is 2.77. The summed E-state index contributed by atoms with van der Waals surface area (Å²) in [5, 5.41) is 0. The summed E-state index contributed by atoms with van der Waals surface area (Å²) in [5.74, 6) is 0.582. The summed E-state index contributed by atoms with van der Waals surface area (Å²) < 4.78 is 19.4. The molecule has 2 rings (SSSR count). The van der Waals surface area contributed by atoms with E-state index >= 15 is 0 Å². The van der Waals surface area contributed by atoms with Gasteiger partial charge in [-0.15, -0.1) is 0 Å². The van der Waals surface area contributed by atoms with Crippen LogP contribution in [0, 0.1) is 5.82 Å². The van der Waals surface area contributed by atoms with Gasteiger partial charge in [0.2, 0.25) is 0 Å². The quantitative estimate of drug-likeness (QED) is 0.879. The molecule has 0 aliphatic carbocycles. The zero-order valence-electron chi connectivity index (χ0n) is 12.2. The van der Waals surface area contributed by atoms with Crippen LogP contribution in [0.2, 0.25) is 0 Å². The molecule has 2 aromatic rings. The molecule has 0 bridgehead atoms. The fraction of sp³-hybridized carbons (Fsp3) is 0.294. The van der Waals surface area contributed by atoms with Crippen molar-refractivity contribution in [2.45, 2.75) is 25.3 Å². The Morgan fingerprint density at radius 3 is 2.43 bits per heavy atom. The molecule has 0 aliphatic heterocycles. The van der Waals surface area contributed by atoms with Crippen LogP contribution in [0.5, 0.6) is 5.75 Å². The highest BCUT2D eigenvalue weighted by Crippen LogP contribution is 2.24. The highest BCUT2D eigenvalue weighted by molar-refractivity contribution is 9.10. The number of ether oxygens (including phenoxy) is 1. The molecular weight excluding hydrogens is 333 g/mol. The van der Waals surface area contributed by atoms with E-state index in [0.29, 0.717) is 12.8 Å². The average Bonchev–Trinajstić information content (AvgIpc) is 2.43. The van der Waals surface area contributed by atoms with Crippen molar-refractivity contribution >= 4 is 15.9 Å². The molecular formula is C17H19BrFNO. The summed E-state index contributed by atoms with van der Waals surface area (Å²) >= 11 is 3.45. The fourth-order valence-electron chi connectivity index (χ4n) is 2.39. The molecule has 0 saturated heterocycles. The van der Waals surface area contributed by atoms with Crippen molar-refractivity contribution in [1.82, 2.24) is 0 Å². The normalized spacial score (nSPS) is 13.8. The first-order chi connectivity index (χ1) is 9.89. The van der Waals surface area contributed by atoms with Gasteiger partial charge in [0.1, 0.15) is 11.6 Å². The van der Waals surface area contributed by atoms with Crippen LogP contribution in [-0.4, -0.2) is 12.6 Å². The number of nitrogens with two attached hydrogens (primary N) is 1. The third-order valence-corrected chi connectivity index (χ3v) is 4.14. The van der Waals surface area contributed by atoms with Gasteiger partial charge >= 0.3 is 0 Å². The molecule has 0 fully saturated rings. The zero-order chi connectivity index (χ0) is 15.5. The molecule has 4 heteroatoms. The molecule has 0 heterocycles. The van der Waals surface area contributed by atoms with E-state index in [1.165, 1.54) is 12.1 Å². The van der Waals surface area contributed by atoms with Crippen molar-refractivity contribution in [3.63, 3.8) is 0 Å². The lowest BCUT2D eigenvalue weighted by Gasteiger charge is -2.25. The third-order valence-electron chi connectivity index (χ3n) is 3.37. The monoisotopic (exact) mass is 351 g/mol. The molecule has 112 valence electrons. The van der Waals surface area contributed by atoms with E-state index in [-0.39, 0.29) is 5.82 Å². The summed E-state index contributed by atoms with van der Waals surface area (Å²) in [5.41, 5.74) is 7.96. The van der Waals surface area contributed by atoms with Crippen LogP contribution in [0.1, 0.15) is 18.1 Å². The van der Waals surface area contributed by atoms with Crippen LogP contribution in [0.4, 0.5) is 4.39 Å². The minimum absolute atomic E-state index is 0.242. The second-order valence-electron chi connectivity index (χ2n) is 5.59. The molecule has 0 spiro atoms. The third kappa shape index (κ3) is 4.55. The van der Waals surface area contributed by atoms with E-state index in [4.69, 9.17) is 10.5 Å². The second-order valence-corrected chi connectivity index (χ2v) is 6.45. The smallest absolute Gasteiger partial charge is 0.123 e. The lowest BCUT2D eigenvalue weighted by atomic mass is 9.87. The summed E-state index contributed by atoms with van der Waals surface area (Å²) in [7, 11) is 1.64. The predicted octanol–water partition coefficient (Wildman–Crippen LogP) is 4.10. The Kier molecular flexibility index (Phi) is 5.01. The summed E-state index contributed by atoms with van der Waals surface area (Å²) in [6, 6.07) is 12.5. The maximum absolute atomic E-state index is 13.4. The van der Waals surface area contributed by atoms with Crippen LogP contribution >= 0.6 is 15.9 Å². The number of hydrogen-bond acceptors (Lipinski definition) is 2. The summed E-state index contributed by atoms with van der Waals surface area (Å²) in [4.78, 5) is 0. The Labute approximate surface area is 133 Å². The van der Waals surface area contributed by atoms with Crippen LogP contribution in [0.15, 0.2) is 46.9 Å². The van der Waals surface area contributed by atoms with Gasteiger partial charge in [-0.2, -0.15) is 0 Å². The first-order valence-electron chi connectivity index (χ1n) is 6.75. The molecule has 0 saturated carbocycles. The first-order valence-corrected chi connectivity index (χ1v) is 7.55. The van der Waals surface area contributed by atoms with Gasteiger partial charge in [0.15, 0.2) is 0 Å². The zero-order valence-corrected chi connectivity index (χ0v) is 13.8. The van der Waals surface area contributed by atoms with Crippen LogP contribution < -0.4 is 10.5 Å². The van der Waals surface area contributed by atoms with E-state index in [1.807, 2.05) is 31.2 Å². The van der Waals surface area contributed by atoms with Gasteiger partial charge in [-0.05, 0) is 61.2 Å². The van der Waals surface area contributed by atoms with Crippen molar-refractivity contribution < 1.29 is 9.13 Å². The van der Waals surface area contributed by atoms with Gasteiger partial charge in [-0.25, -0.2) is 4.39 Å². The summed E-state index contributed by atoms with van der Waals surface area (Å²) in [6.07, 6.45) is 1.30. The van der Waals surface area contributed by atoms with Crippen LogP contribution in [-0.2, 0) is 12.8 Å². The van der Waals surface area contributed by atoms with Crippen molar-refractivity contribution in [3.8, 4) is 5.75 Å². The lowest BCUT2D eigenvalue weighted by molar-refractivity contribution is 0.414. The summed E-state index contributed by atoms with van der Waals surface area (Å²) in [6.45, 7) is 1.98. The molecule has 1 unspecified atom stereocenters.